The van der Waals surface area contributed by atoms with Crippen LogP contribution in [-0.2, 0) is 14.4 Å². The first-order chi connectivity index (χ1) is 11.8. The molecule has 7 nitrogen and oxygen atoms in total. The van der Waals surface area contributed by atoms with Gasteiger partial charge in [-0.3, -0.25) is 14.9 Å². The molecule has 25 heavy (non-hydrogen) atoms. The highest BCUT2D eigenvalue weighted by Gasteiger charge is 2.21. The first-order valence-electron chi connectivity index (χ1n) is 8.60. The summed E-state index contributed by atoms with van der Waals surface area (Å²) in [5, 5.41) is 5.95. The topological polar surface area (TPSA) is 88.7 Å². The molecule has 1 atom stereocenters. The number of allylic oxidation sites excluding steroid dienone is 4. The third-order valence-electron chi connectivity index (χ3n) is 3.55. The number of hydroxylamine groups is 1. The minimum atomic E-state index is -0.560. The number of nitrogens with one attached hydrogen (secondary N) is 3. The zero-order valence-electron chi connectivity index (χ0n) is 15.1. The lowest BCUT2D eigenvalue weighted by Crippen LogP contribution is -2.44. The monoisotopic (exact) mass is 349 g/mol. The molecule has 0 spiro atoms. The lowest BCUT2D eigenvalue weighted by molar-refractivity contribution is -0.137. The van der Waals surface area contributed by atoms with Crippen molar-refractivity contribution in [3.63, 3.8) is 0 Å². The number of carbonyl (C=O) groups is 2. The Morgan fingerprint density at radius 1 is 1.32 bits per heavy atom. The maximum Gasteiger partial charge on any atom is 0.412 e. The summed E-state index contributed by atoms with van der Waals surface area (Å²) in [4.78, 5) is 29.1. The Kier molecular flexibility index (Phi) is 6.64. The van der Waals surface area contributed by atoms with E-state index in [4.69, 9.17) is 9.57 Å². The van der Waals surface area contributed by atoms with Crippen LogP contribution in [0.4, 0.5) is 4.79 Å². The molecule has 1 aliphatic heterocycles. The standard InChI is InChI=1S/C18H27N3O4/c1-18(2,3)25-17(23)20-14-9-5-4-8-13(12-14)19-15-10-6-7-11-24-21-16(15)22/h4,8-9,12,15,19H,5-7,10-11H2,1-3H3,(H,20,23)(H,21,22). The number of hydrogen-bond acceptors (Lipinski definition) is 5. The zero-order chi connectivity index (χ0) is 18.3. The van der Waals surface area contributed by atoms with E-state index in [-0.39, 0.29) is 11.9 Å². The fraction of sp³-hybridized carbons (Fsp3) is 0.556. The van der Waals surface area contributed by atoms with Crippen LogP contribution >= 0.6 is 0 Å². The second kappa shape index (κ2) is 8.71. The predicted molar refractivity (Wildman–Crippen MR) is 94.2 cm³/mol. The Balaban J connectivity index is 2.01. The van der Waals surface area contributed by atoms with E-state index >= 15 is 0 Å². The summed E-state index contributed by atoms with van der Waals surface area (Å²) in [6, 6.07) is -0.378. The highest BCUT2D eigenvalue weighted by atomic mass is 16.6. The Morgan fingerprint density at radius 2 is 2.12 bits per heavy atom. The number of alkyl carbamates (subject to hydrolysis) is 1. The number of hydrogen-bond donors (Lipinski definition) is 3. The first-order valence-corrected chi connectivity index (χ1v) is 8.60. The number of amides is 2. The molecule has 0 aromatic heterocycles. The fourth-order valence-corrected chi connectivity index (χ4v) is 2.45. The van der Waals surface area contributed by atoms with E-state index in [0.717, 1.165) is 25.0 Å². The van der Waals surface area contributed by atoms with Crippen LogP contribution in [0.2, 0.25) is 0 Å². The molecule has 138 valence electrons. The molecule has 0 bridgehead atoms. The molecule has 1 heterocycles. The van der Waals surface area contributed by atoms with Gasteiger partial charge < -0.3 is 10.1 Å². The molecule has 0 aromatic carbocycles. The Bertz CT molecular complexity index is 588. The van der Waals surface area contributed by atoms with Crippen LogP contribution in [-0.4, -0.2) is 30.3 Å². The van der Waals surface area contributed by atoms with E-state index < -0.39 is 11.7 Å². The van der Waals surface area contributed by atoms with Crippen molar-refractivity contribution in [1.29, 1.82) is 0 Å². The van der Waals surface area contributed by atoms with Gasteiger partial charge in [0, 0.05) is 11.4 Å². The minimum absolute atomic E-state index is 0.191. The van der Waals surface area contributed by atoms with Gasteiger partial charge in [0.05, 0.1) is 6.61 Å². The smallest absolute Gasteiger partial charge is 0.412 e. The molecule has 0 aromatic rings. The molecule has 0 radical (unpaired) electrons. The van der Waals surface area contributed by atoms with E-state index in [1.54, 1.807) is 6.08 Å². The van der Waals surface area contributed by atoms with Crippen molar-refractivity contribution in [2.45, 2.75) is 58.1 Å². The summed E-state index contributed by atoms with van der Waals surface area (Å²) in [6.07, 6.45) is 10.2. The average molecular weight is 349 g/mol. The summed E-state index contributed by atoms with van der Waals surface area (Å²) < 4.78 is 5.27. The minimum Gasteiger partial charge on any atom is -0.444 e. The summed E-state index contributed by atoms with van der Waals surface area (Å²) in [5.74, 6) is -0.191. The summed E-state index contributed by atoms with van der Waals surface area (Å²) >= 11 is 0. The SMILES string of the molecule is CC(C)(C)OC(=O)NC1=CCC=CC(NC2CCCCONC2=O)=C1. The number of carbonyl (C=O) groups excluding carboxylic acids is 2. The van der Waals surface area contributed by atoms with Gasteiger partial charge in [-0.15, -0.1) is 0 Å². The Labute approximate surface area is 148 Å². The molecule has 1 unspecified atom stereocenters. The van der Waals surface area contributed by atoms with Crippen molar-refractivity contribution >= 4 is 12.0 Å². The van der Waals surface area contributed by atoms with E-state index in [1.807, 2.05) is 39.0 Å². The van der Waals surface area contributed by atoms with Gasteiger partial charge in [-0.2, -0.15) is 0 Å². The fourth-order valence-electron chi connectivity index (χ4n) is 2.45. The summed E-state index contributed by atoms with van der Waals surface area (Å²) in [6.45, 7) is 5.98. The van der Waals surface area contributed by atoms with Crippen LogP contribution in [0.3, 0.4) is 0 Å². The highest BCUT2D eigenvalue weighted by Crippen LogP contribution is 2.13. The van der Waals surface area contributed by atoms with Crippen molar-refractivity contribution in [3.8, 4) is 0 Å². The third-order valence-corrected chi connectivity index (χ3v) is 3.55. The van der Waals surface area contributed by atoms with Crippen molar-refractivity contribution in [3.05, 3.63) is 35.7 Å². The van der Waals surface area contributed by atoms with E-state index in [9.17, 15) is 9.59 Å². The van der Waals surface area contributed by atoms with Crippen molar-refractivity contribution in [1.82, 2.24) is 16.1 Å². The third kappa shape index (κ3) is 7.01. The largest absolute Gasteiger partial charge is 0.444 e. The molecule has 7 heteroatoms. The van der Waals surface area contributed by atoms with E-state index in [1.165, 1.54) is 0 Å². The Morgan fingerprint density at radius 3 is 2.88 bits per heavy atom. The van der Waals surface area contributed by atoms with Crippen LogP contribution in [0, 0.1) is 0 Å². The van der Waals surface area contributed by atoms with Crippen molar-refractivity contribution in [2.75, 3.05) is 6.61 Å². The van der Waals surface area contributed by atoms with Crippen molar-refractivity contribution in [2.24, 2.45) is 0 Å². The van der Waals surface area contributed by atoms with Gasteiger partial charge in [0.1, 0.15) is 11.6 Å². The van der Waals surface area contributed by atoms with Crippen LogP contribution in [0.25, 0.3) is 0 Å². The molecular weight excluding hydrogens is 322 g/mol. The molecular formula is C18H27N3O4. The van der Waals surface area contributed by atoms with Crippen LogP contribution < -0.4 is 16.1 Å². The average Bonchev–Trinajstić information content (AvgIpc) is 2.70. The zero-order valence-corrected chi connectivity index (χ0v) is 15.1. The molecule has 3 N–H and O–H groups in total. The lowest BCUT2D eigenvalue weighted by atomic mass is 10.1. The van der Waals surface area contributed by atoms with Crippen molar-refractivity contribution < 1.29 is 19.2 Å². The molecule has 2 rings (SSSR count). The summed E-state index contributed by atoms with van der Waals surface area (Å²) in [7, 11) is 0. The first kappa shape index (κ1) is 19.1. The van der Waals surface area contributed by atoms with Gasteiger partial charge in [0.2, 0.25) is 0 Å². The molecule has 1 saturated heterocycles. The van der Waals surface area contributed by atoms with Gasteiger partial charge in [0.15, 0.2) is 0 Å². The van der Waals surface area contributed by atoms with Gasteiger partial charge in [-0.05, 0) is 58.6 Å². The second-order valence-electron chi connectivity index (χ2n) is 7.03. The van der Waals surface area contributed by atoms with E-state index in [0.29, 0.717) is 18.7 Å². The maximum absolute atomic E-state index is 12.1. The number of rotatable bonds is 3. The van der Waals surface area contributed by atoms with Gasteiger partial charge in [0.25, 0.3) is 5.91 Å². The predicted octanol–water partition coefficient (Wildman–Crippen LogP) is 2.43. The van der Waals surface area contributed by atoms with Gasteiger partial charge in [-0.1, -0.05) is 12.2 Å². The number of ether oxygens (including phenoxy) is 1. The molecule has 2 aliphatic rings. The molecule has 2 amide bonds. The highest BCUT2D eigenvalue weighted by molar-refractivity contribution is 5.81. The molecule has 0 saturated carbocycles. The van der Waals surface area contributed by atoms with Crippen LogP contribution in [0.5, 0.6) is 0 Å². The lowest BCUT2D eigenvalue weighted by Gasteiger charge is -2.22. The van der Waals surface area contributed by atoms with Gasteiger partial charge >= 0.3 is 6.09 Å². The maximum atomic E-state index is 12.1. The summed E-state index contributed by atoms with van der Waals surface area (Å²) in [5.41, 5.74) is 3.27. The normalized spacial score (nSPS) is 21.7. The molecule has 1 fully saturated rings. The van der Waals surface area contributed by atoms with Gasteiger partial charge in [-0.25, -0.2) is 10.3 Å². The Hall–Kier alpha value is -2.28. The van der Waals surface area contributed by atoms with Crippen LogP contribution in [0.15, 0.2) is 35.7 Å². The molecule has 1 aliphatic carbocycles. The second-order valence-corrected chi connectivity index (χ2v) is 7.03. The van der Waals surface area contributed by atoms with E-state index in [2.05, 4.69) is 16.1 Å². The van der Waals surface area contributed by atoms with Crippen LogP contribution in [0.1, 0.15) is 46.5 Å². The quantitative estimate of drug-likeness (QED) is 0.728.